The molecule has 1 N–H and O–H groups in total. The second-order valence-electron chi connectivity index (χ2n) is 7.16. The quantitative estimate of drug-likeness (QED) is 0.262. The topological polar surface area (TPSA) is 114 Å². The summed E-state index contributed by atoms with van der Waals surface area (Å²) in [7, 11) is -2.76. The fourth-order valence-corrected chi connectivity index (χ4v) is 4.50. The Morgan fingerprint density at radius 3 is 2.23 bits per heavy atom. The smallest absolute Gasteiger partial charge is 0.337 e. The summed E-state index contributed by atoms with van der Waals surface area (Å²) in [4.78, 5) is 24.1. The van der Waals surface area contributed by atoms with Crippen molar-refractivity contribution in [2.75, 3.05) is 24.6 Å². The molecule has 3 rings (SSSR count). The van der Waals surface area contributed by atoms with Crippen LogP contribution >= 0.6 is 0 Å². The molecule has 0 saturated carbocycles. The molecular formula is C25H25N3O6S. The molecule has 182 valence electrons. The first-order valence-electron chi connectivity index (χ1n) is 10.7. The number of carbonyl (C=O) groups excluding carboxylic acids is 2. The fraction of sp³-hybridized carbons (Fsp3) is 0.160. The van der Waals surface area contributed by atoms with E-state index in [4.69, 9.17) is 4.74 Å². The number of benzene rings is 3. The van der Waals surface area contributed by atoms with Crippen molar-refractivity contribution in [3.8, 4) is 5.75 Å². The van der Waals surface area contributed by atoms with Crippen LogP contribution in [0, 0.1) is 0 Å². The molecule has 0 atom stereocenters. The third-order valence-electron chi connectivity index (χ3n) is 4.79. The first-order valence-corrected chi connectivity index (χ1v) is 12.1. The molecule has 10 heteroatoms. The van der Waals surface area contributed by atoms with Gasteiger partial charge in [-0.05, 0) is 61.0 Å². The number of rotatable bonds is 10. The molecule has 0 aliphatic carbocycles. The summed E-state index contributed by atoms with van der Waals surface area (Å²) in [6.07, 6.45) is 1.38. The van der Waals surface area contributed by atoms with E-state index in [1.807, 2.05) is 6.92 Å². The Kier molecular flexibility index (Phi) is 8.58. The van der Waals surface area contributed by atoms with Crippen LogP contribution in [0.2, 0.25) is 0 Å². The minimum Gasteiger partial charge on any atom is -0.494 e. The van der Waals surface area contributed by atoms with E-state index in [0.29, 0.717) is 29.2 Å². The molecule has 0 radical (unpaired) electrons. The minimum absolute atomic E-state index is 0.0202. The molecule has 0 aromatic heterocycles. The average molecular weight is 496 g/mol. The van der Waals surface area contributed by atoms with Gasteiger partial charge in [-0.25, -0.2) is 18.6 Å². The van der Waals surface area contributed by atoms with Gasteiger partial charge >= 0.3 is 5.97 Å². The lowest BCUT2D eigenvalue weighted by molar-refractivity contribution is -0.119. The maximum absolute atomic E-state index is 13.4. The van der Waals surface area contributed by atoms with E-state index in [2.05, 4.69) is 15.3 Å². The van der Waals surface area contributed by atoms with Crippen molar-refractivity contribution in [1.82, 2.24) is 5.43 Å². The summed E-state index contributed by atoms with van der Waals surface area (Å²) >= 11 is 0. The molecule has 0 fully saturated rings. The maximum atomic E-state index is 13.4. The number of nitrogens with one attached hydrogen (secondary N) is 1. The Bertz CT molecular complexity index is 1280. The Balaban J connectivity index is 1.75. The molecule has 3 aromatic carbocycles. The number of nitrogens with zero attached hydrogens (tertiary/aromatic N) is 2. The van der Waals surface area contributed by atoms with Crippen LogP contribution in [0.4, 0.5) is 5.69 Å². The zero-order valence-corrected chi connectivity index (χ0v) is 20.1. The van der Waals surface area contributed by atoms with Crippen LogP contribution in [0.3, 0.4) is 0 Å². The van der Waals surface area contributed by atoms with Gasteiger partial charge in [0, 0.05) is 0 Å². The van der Waals surface area contributed by atoms with Crippen LogP contribution in [0.25, 0.3) is 0 Å². The molecule has 0 aliphatic rings. The van der Waals surface area contributed by atoms with Gasteiger partial charge in [-0.1, -0.05) is 30.3 Å². The summed E-state index contributed by atoms with van der Waals surface area (Å²) in [5.41, 5.74) is 3.68. The fourth-order valence-electron chi connectivity index (χ4n) is 3.08. The van der Waals surface area contributed by atoms with E-state index >= 15 is 0 Å². The zero-order valence-electron chi connectivity index (χ0n) is 19.2. The number of ether oxygens (including phenoxy) is 2. The third-order valence-corrected chi connectivity index (χ3v) is 6.58. The maximum Gasteiger partial charge on any atom is 0.337 e. The van der Waals surface area contributed by atoms with Gasteiger partial charge in [0.25, 0.3) is 15.9 Å². The van der Waals surface area contributed by atoms with E-state index in [1.165, 1.54) is 25.5 Å². The zero-order chi connectivity index (χ0) is 25.3. The van der Waals surface area contributed by atoms with Gasteiger partial charge in [-0.3, -0.25) is 9.10 Å². The summed E-state index contributed by atoms with van der Waals surface area (Å²) < 4.78 is 37.8. The first-order chi connectivity index (χ1) is 16.8. The number of para-hydroxylation sites is 1. The van der Waals surface area contributed by atoms with Gasteiger partial charge < -0.3 is 9.47 Å². The van der Waals surface area contributed by atoms with Crippen molar-refractivity contribution in [2.24, 2.45) is 5.10 Å². The normalized spacial score (nSPS) is 11.1. The Labute approximate surface area is 204 Å². The van der Waals surface area contributed by atoms with Crippen LogP contribution in [-0.2, 0) is 19.6 Å². The molecule has 0 bridgehead atoms. The van der Waals surface area contributed by atoms with Crippen LogP contribution < -0.4 is 14.5 Å². The summed E-state index contributed by atoms with van der Waals surface area (Å²) in [6, 6.07) is 20.7. The van der Waals surface area contributed by atoms with Crippen LogP contribution in [-0.4, -0.2) is 46.8 Å². The number of amides is 1. The molecule has 3 aromatic rings. The van der Waals surface area contributed by atoms with Gasteiger partial charge in [0.2, 0.25) is 0 Å². The monoisotopic (exact) mass is 495 g/mol. The lowest BCUT2D eigenvalue weighted by Gasteiger charge is -2.23. The molecule has 0 heterocycles. The number of hydrogen-bond donors (Lipinski definition) is 1. The highest BCUT2D eigenvalue weighted by Gasteiger charge is 2.27. The standard InChI is InChI=1S/C25H25N3O6S/c1-3-34-22-13-15-23(16-14-22)35(31,32)28(21-7-5-4-6-8-21)18-24(29)27-26-17-19-9-11-20(12-10-19)25(30)33-2/h4-17H,3,18H2,1-2H3,(H,27,29)/b26-17+. The summed E-state index contributed by atoms with van der Waals surface area (Å²) in [5.74, 6) is -0.549. The van der Waals surface area contributed by atoms with Gasteiger partial charge in [0.15, 0.2) is 0 Å². The second kappa shape index (κ2) is 11.8. The van der Waals surface area contributed by atoms with E-state index in [-0.39, 0.29) is 4.90 Å². The Morgan fingerprint density at radius 1 is 0.971 bits per heavy atom. The van der Waals surface area contributed by atoms with Gasteiger partial charge in [-0.15, -0.1) is 0 Å². The largest absolute Gasteiger partial charge is 0.494 e. The Hall–Kier alpha value is -4.18. The molecule has 0 saturated heterocycles. The van der Waals surface area contributed by atoms with E-state index in [1.54, 1.807) is 66.7 Å². The number of hydrogen-bond acceptors (Lipinski definition) is 7. The summed E-state index contributed by atoms with van der Waals surface area (Å²) in [6.45, 7) is 1.80. The highest BCUT2D eigenvalue weighted by Crippen LogP contribution is 2.25. The van der Waals surface area contributed by atoms with Crippen LogP contribution in [0.5, 0.6) is 5.75 Å². The van der Waals surface area contributed by atoms with Crippen molar-refractivity contribution >= 4 is 33.8 Å². The summed E-state index contributed by atoms with van der Waals surface area (Å²) in [5, 5.41) is 3.89. The minimum atomic E-state index is -4.05. The number of sulfonamides is 1. The number of hydrazone groups is 1. The molecular weight excluding hydrogens is 470 g/mol. The van der Waals surface area contributed by atoms with E-state index < -0.39 is 28.4 Å². The average Bonchev–Trinajstić information content (AvgIpc) is 2.88. The highest BCUT2D eigenvalue weighted by atomic mass is 32.2. The van der Waals surface area contributed by atoms with E-state index in [9.17, 15) is 18.0 Å². The second-order valence-corrected chi connectivity index (χ2v) is 9.02. The number of anilines is 1. The number of esters is 1. The molecule has 0 unspecified atom stereocenters. The predicted octanol–water partition coefficient (Wildman–Crippen LogP) is 3.22. The number of methoxy groups -OCH3 is 1. The van der Waals surface area contributed by atoms with Crippen molar-refractivity contribution in [3.63, 3.8) is 0 Å². The van der Waals surface area contributed by atoms with Gasteiger partial charge in [0.05, 0.1) is 36.1 Å². The predicted molar refractivity (Wildman–Crippen MR) is 132 cm³/mol. The van der Waals surface area contributed by atoms with Gasteiger partial charge in [0.1, 0.15) is 12.3 Å². The molecule has 35 heavy (non-hydrogen) atoms. The van der Waals surface area contributed by atoms with Crippen molar-refractivity contribution < 1.29 is 27.5 Å². The number of carbonyl (C=O) groups is 2. The van der Waals surface area contributed by atoms with Crippen molar-refractivity contribution in [3.05, 3.63) is 90.0 Å². The van der Waals surface area contributed by atoms with Crippen LogP contribution in [0.1, 0.15) is 22.8 Å². The van der Waals surface area contributed by atoms with Crippen molar-refractivity contribution in [2.45, 2.75) is 11.8 Å². The molecule has 0 spiro atoms. The molecule has 1 amide bonds. The SMILES string of the molecule is CCOc1ccc(S(=O)(=O)N(CC(=O)N/N=C/c2ccc(C(=O)OC)cc2)c2ccccc2)cc1. The lowest BCUT2D eigenvalue weighted by atomic mass is 10.1. The molecule has 9 nitrogen and oxygen atoms in total. The molecule has 0 aliphatic heterocycles. The van der Waals surface area contributed by atoms with E-state index in [0.717, 1.165) is 4.31 Å². The highest BCUT2D eigenvalue weighted by molar-refractivity contribution is 7.92. The van der Waals surface area contributed by atoms with Crippen molar-refractivity contribution in [1.29, 1.82) is 0 Å². The van der Waals surface area contributed by atoms with Gasteiger partial charge in [-0.2, -0.15) is 5.10 Å². The Morgan fingerprint density at radius 2 is 1.63 bits per heavy atom. The first kappa shape index (κ1) is 25.4. The lowest BCUT2D eigenvalue weighted by Crippen LogP contribution is -2.39. The third kappa shape index (κ3) is 6.67. The van der Waals surface area contributed by atoms with Crippen LogP contribution in [0.15, 0.2) is 88.9 Å².